The molecule has 0 saturated carbocycles. The van der Waals surface area contributed by atoms with Gasteiger partial charge in [0.2, 0.25) is 28.7 Å². The van der Waals surface area contributed by atoms with E-state index in [1.165, 1.54) is 6.07 Å². The summed E-state index contributed by atoms with van der Waals surface area (Å²) >= 11 is 0. The minimum absolute atomic E-state index is 0.114. The molecule has 0 atom stereocenters. The molecule has 0 bridgehead atoms. The van der Waals surface area contributed by atoms with Crippen molar-refractivity contribution in [2.75, 3.05) is 0 Å². The molecule has 0 fully saturated rings. The Morgan fingerprint density at radius 1 is 0.291 bits per heavy atom. The summed E-state index contributed by atoms with van der Waals surface area (Å²) in [6, 6.07) is 24.0. The molecule has 13 nitrogen and oxygen atoms in total. The number of fused-ring (bicyclic) bond motifs is 6. The molecule has 9 aromatic rings. The number of phenols is 12. The molecule has 272 valence electrons. The smallest absolute Gasteiger partial charge is 0.208 e. The first-order chi connectivity index (χ1) is 26.3. The van der Waals surface area contributed by atoms with Gasteiger partial charge in [-0.2, -0.15) is 0 Å². The van der Waals surface area contributed by atoms with Crippen molar-refractivity contribution < 1.29 is 65.7 Å². The van der Waals surface area contributed by atoms with Crippen LogP contribution in [0.15, 0.2) is 89.3 Å². The molecule has 0 amide bonds. The molecule has 0 aliphatic heterocycles. The maximum absolute atomic E-state index is 12.4. The fourth-order valence-electron chi connectivity index (χ4n) is 7.59. The first-order valence-electron chi connectivity index (χ1n) is 16.5. The SMILES string of the molecule is Oc1c(O)c(O)c(-c2c3c(O)c(O)c(O)c(O)c3c(-c3ccc4c(c3)oc3ccccc34)c3c(O)c(-c4ccc5ccccc5c4)c(O)c(O)c23)c(O)c1O. The molecule has 9 rings (SSSR count). The van der Waals surface area contributed by atoms with Crippen LogP contribution in [0.5, 0.6) is 69.0 Å². The third-order valence-electron chi connectivity index (χ3n) is 10.1. The molecule has 13 heteroatoms. The molecule has 0 aliphatic carbocycles. The highest BCUT2D eigenvalue weighted by molar-refractivity contribution is 6.30. The van der Waals surface area contributed by atoms with Crippen LogP contribution in [0.2, 0.25) is 0 Å². The highest BCUT2D eigenvalue weighted by atomic mass is 16.4. The van der Waals surface area contributed by atoms with E-state index in [1.54, 1.807) is 54.6 Å². The van der Waals surface area contributed by atoms with Crippen LogP contribution in [0.3, 0.4) is 0 Å². The van der Waals surface area contributed by atoms with Crippen LogP contribution < -0.4 is 0 Å². The van der Waals surface area contributed by atoms with Crippen LogP contribution in [0.4, 0.5) is 0 Å². The van der Waals surface area contributed by atoms with Crippen molar-refractivity contribution in [3.63, 3.8) is 0 Å². The lowest BCUT2D eigenvalue weighted by Gasteiger charge is -2.24. The Morgan fingerprint density at radius 2 is 0.745 bits per heavy atom. The standard InChI is InChI=1S/C42H26O13/c43-31-24(17-10-9-15-5-1-2-6-16(15)13-17)32(44)33(45)28-25(30-36(48)40(52)42(54)41(53)37(30)49)29-27(34(46)38(50)39(51)35(29)47)23(26(28)31)18-11-12-20-19-7-3-4-8-21(19)55-22(20)14-18/h1-14,43-54H. The van der Waals surface area contributed by atoms with Gasteiger partial charge in [-0.05, 0) is 46.2 Å². The predicted octanol–water partition coefficient (Wildman–Crippen LogP) is 8.51. The van der Waals surface area contributed by atoms with Gasteiger partial charge in [0.25, 0.3) is 0 Å². The molecule has 8 aromatic carbocycles. The van der Waals surface area contributed by atoms with Crippen molar-refractivity contribution in [2.24, 2.45) is 0 Å². The van der Waals surface area contributed by atoms with E-state index in [-0.39, 0.29) is 22.3 Å². The van der Waals surface area contributed by atoms with Crippen molar-refractivity contribution in [1.29, 1.82) is 0 Å². The fraction of sp³-hybridized carbons (Fsp3) is 0. The first kappa shape index (κ1) is 32.8. The van der Waals surface area contributed by atoms with E-state index >= 15 is 0 Å². The zero-order valence-corrected chi connectivity index (χ0v) is 27.9. The normalized spacial score (nSPS) is 11.8. The summed E-state index contributed by atoms with van der Waals surface area (Å²) < 4.78 is 6.11. The minimum Gasteiger partial charge on any atom is -0.506 e. The Balaban J connectivity index is 1.58. The second-order valence-electron chi connectivity index (χ2n) is 13.1. The lowest BCUT2D eigenvalue weighted by molar-refractivity contribution is 0.330. The molecule has 1 heterocycles. The van der Waals surface area contributed by atoms with Crippen molar-refractivity contribution >= 4 is 54.3 Å². The number of rotatable bonds is 3. The van der Waals surface area contributed by atoms with Gasteiger partial charge in [-0.25, -0.2) is 0 Å². The van der Waals surface area contributed by atoms with Crippen molar-refractivity contribution in [3.05, 3.63) is 84.9 Å². The predicted molar refractivity (Wildman–Crippen MR) is 203 cm³/mol. The number of phenolic OH excluding ortho intramolecular Hbond substituents is 12. The van der Waals surface area contributed by atoms with Crippen LogP contribution >= 0.6 is 0 Å². The number of para-hydroxylation sites is 1. The number of benzene rings is 8. The molecule has 0 radical (unpaired) electrons. The maximum Gasteiger partial charge on any atom is 0.208 e. The van der Waals surface area contributed by atoms with Crippen molar-refractivity contribution in [2.45, 2.75) is 0 Å². The van der Waals surface area contributed by atoms with Crippen molar-refractivity contribution in [1.82, 2.24) is 0 Å². The third-order valence-corrected chi connectivity index (χ3v) is 10.1. The molecule has 55 heavy (non-hydrogen) atoms. The Morgan fingerprint density at radius 3 is 1.42 bits per heavy atom. The topological polar surface area (TPSA) is 256 Å². The number of furan rings is 1. The van der Waals surface area contributed by atoms with Crippen LogP contribution in [-0.4, -0.2) is 61.3 Å². The Hall–Kier alpha value is -8.06. The first-order valence-corrected chi connectivity index (χ1v) is 16.5. The third kappa shape index (κ3) is 4.28. The lowest BCUT2D eigenvalue weighted by Crippen LogP contribution is -1.96. The zero-order chi connectivity index (χ0) is 38.8. The van der Waals surface area contributed by atoms with Gasteiger partial charge < -0.3 is 65.7 Å². The zero-order valence-electron chi connectivity index (χ0n) is 27.9. The summed E-state index contributed by atoms with van der Waals surface area (Å²) in [5.41, 5.74) is -1.24. The van der Waals surface area contributed by atoms with E-state index in [0.717, 1.165) is 10.8 Å². The van der Waals surface area contributed by atoms with E-state index in [1.807, 2.05) is 24.3 Å². The summed E-state index contributed by atoms with van der Waals surface area (Å²) in [6.07, 6.45) is 0. The van der Waals surface area contributed by atoms with E-state index in [2.05, 4.69) is 0 Å². The van der Waals surface area contributed by atoms with Gasteiger partial charge in [0.1, 0.15) is 16.9 Å². The quantitative estimate of drug-likeness (QED) is 0.0462. The second-order valence-corrected chi connectivity index (χ2v) is 13.1. The summed E-state index contributed by atoms with van der Waals surface area (Å²) in [4.78, 5) is 0. The van der Waals surface area contributed by atoms with Crippen LogP contribution in [0.1, 0.15) is 0 Å². The van der Waals surface area contributed by atoms with Gasteiger partial charge >= 0.3 is 0 Å². The highest BCUT2D eigenvalue weighted by Gasteiger charge is 2.36. The number of aromatic hydroxyl groups is 12. The second kappa shape index (κ2) is 11.2. The molecule has 1 aromatic heterocycles. The van der Waals surface area contributed by atoms with Gasteiger partial charge in [0.15, 0.2) is 34.5 Å². The molecule has 12 N–H and O–H groups in total. The fourth-order valence-corrected chi connectivity index (χ4v) is 7.59. The van der Waals surface area contributed by atoms with Gasteiger partial charge in [-0.15, -0.1) is 0 Å². The molecular formula is C42H26O13. The summed E-state index contributed by atoms with van der Waals surface area (Å²) in [6.45, 7) is 0. The van der Waals surface area contributed by atoms with Gasteiger partial charge in [-0.3, -0.25) is 0 Å². The van der Waals surface area contributed by atoms with Crippen LogP contribution in [0.25, 0.3) is 87.6 Å². The molecule has 0 saturated heterocycles. The summed E-state index contributed by atoms with van der Waals surface area (Å²) in [5, 5.41) is 136. The molecule has 0 unspecified atom stereocenters. The summed E-state index contributed by atoms with van der Waals surface area (Å²) in [5.74, 6) is -14.4. The minimum atomic E-state index is -1.38. The monoisotopic (exact) mass is 738 g/mol. The van der Waals surface area contributed by atoms with Crippen molar-refractivity contribution in [3.8, 4) is 102 Å². The Kier molecular flexibility index (Phi) is 6.69. The lowest BCUT2D eigenvalue weighted by atomic mass is 9.81. The van der Waals surface area contributed by atoms with E-state index in [4.69, 9.17) is 4.42 Å². The highest BCUT2D eigenvalue weighted by Crippen LogP contribution is 2.65. The maximum atomic E-state index is 12.4. The Bertz CT molecular complexity index is 3150. The summed E-state index contributed by atoms with van der Waals surface area (Å²) in [7, 11) is 0. The van der Waals surface area contributed by atoms with E-state index in [9.17, 15) is 61.3 Å². The van der Waals surface area contributed by atoms with Gasteiger partial charge in [0, 0.05) is 43.4 Å². The molecule has 0 aliphatic rings. The van der Waals surface area contributed by atoms with Gasteiger partial charge in [-0.1, -0.05) is 60.7 Å². The Labute approximate surface area is 306 Å². The largest absolute Gasteiger partial charge is 0.506 e. The molecular weight excluding hydrogens is 712 g/mol. The number of hydrogen-bond donors (Lipinski definition) is 12. The molecule has 0 spiro atoms. The number of hydrogen-bond acceptors (Lipinski definition) is 13. The van der Waals surface area contributed by atoms with Crippen LogP contribution in [0, 0.1) is 0 Å². The average Bonchev–Trinajstić information content (AvgIpc) is 3.57. The van der Waals surface area contributed by atoms with E-state index < -0.39 is 102 Å². The van der Waals surface area contributed by atoms with Gasteiger partial charge in [0.05, 0.1) is 11.1 Å². The van der Waals surface area contributed by atoms with Crippen LogP contribution in [-0.2, 0) is 0 Å². The average molecular weight is 739 g/mol. The van der Waals surface area contributed by atoms with E-state index in [0.29, 0.717) is 21.9 Å².